The van der Waals surface area contributed by atoms with E-state index in [0.717, 1.165) is 10.6 Å². The first-order valence-corrected chi connectivity index (χ1v) is 8.47. The Labute approximate surface area is 112 Å². The number of sulfone groups is 1. The Kier molecular flexibility index (Phi) is 6.20. The molecule has 1 heterocycles. The molecule has 1 rings (SSSR count). The van der Waals surface area contributed by atoms with Gasteiger partial charge in [0.1, 0.15) is 10.8 Å². The van der Waals surface area contributed by atoms with Crippen molar-refractivity contribution in [1.82, 2.24) is 10.3 Å². The minimum atomic E-state index is -3.03. The number of hydrogen-bond donors (Lipinski definition) is 1. The van der Waals surface area contributed by atoms with Gasteiger partial charge in [-0.15, -0.1) is 11.3 Å². The highest BCUT2D eigenvalue weighted by atomic mass is 32.2. The van der Waals surface area contributed by atoms with Crippen molar-refractivity contribution in [2.45, 2.75) is 32.2 Å². The molecule has 0 amide bonds. The molecule has 0 aromatic carbocycles. The number of thiazole rings is 1. The van der Waals surface area contributed by atoms with Crippen molar-refractivity contribution in [2.24, 2.45) is 0 Å². The smallest absolute Gasteiger partial charge is 0.156 e. The molecule has 0 aliphatic heterocycles. The van der Waals surface area contributed by atoms with E-state index in [4.69, 9.17) is 4.74 Å². The third-order valence-corrected chi connectivity index (χ3v) is 5.32. The molecular weight excluding hydrogens is 272 g/mol. The van der Waals surface area contributed by atoms with Crippen LogP contribution in [0.1, 0.15) is 28.9 Å². The molecule has 5 nitrogen and oxygen atoms in total. The molecule has 0 saturated carbocycles. The summed E-state index contributed by atoms with van der Waals surface area (Å²) < 4.78 is 28.6. The fourth-order valence-electron chi connectivity index (χ4n) is 1.62. The molecule has 0 radical (unpaired) electrons. The van der Waals surface area contributed by atoms with E-state index in [1.165, 1.54) is 11.3 Å². The van der Waals surface area contributed by atoms with E-state index < -0.39 is 9.84 Å². The van der Waals surface area contributed by atoms with Crippen LogP contribution in [0.4, 0.5) is 0 Å². The summed E-state index contributed by atoms with van der Waals surface area (Å²) in [6.45, 7) is 2.97. The van der Waals surface area contributed by atoms with Crippen molar-refractivity contribution in [3.63, 3.8) is 0 Å². The van der Waals surface area contributed by atoms with Gasteiger partial charge >= 0.3 is 0 Å². The molecule has 1 aromatic heterocycles. The van der Waals surface area contributed by atoms with Crippen molar-refractivity contribution < 1.29 is 13.2 Å². The summed E-state index contributed by atoms with van der Waals surface area (Å²) >= 11 is 1.44. The minimum absolute atomic E-state index is 0.0337. The average Bonchev–Trinajstić information content (AvgIpc) is 2.60. The second-order valence-corrected chi connectivity index (χ2v) is 7.39. The summed E-state index contributed by atoms with van der Waals surface area (Å²) in [5, 5.41) is 3.70. The molecule has 0 aliphatic carbocycles. The third-order valence-electron chi connectivity index (χ3n) is 2.30. The van der Waals surface area contributed by atoms with Gasteiger partial charge in [-0.25, -0.2) is 13.4 Å². The largest absolute Gasteiger partial charge is 0.378 e. The first-order valence-electron chi connectivity index (χ1n) is 5.83. The topological polar surface area (TPSA) is 68.3 Å². The van der Waals surface area contributed by atoms with E-state index in [9.17, 15) is 8.42 Å². The minimum Gasteiger partial charge on any atom is -0.378 e. The van der Waals surface area contributed by atoms with Gasteiger partial charge in [0.15, 0.2) is 9.84 Å². The van der Waals surface area contributed by atoms with E-state index in [1.807, 2.05) is 14.0 Å². The quantitative estimate of drug-likeness (QED) is 0.783. The van der Waals surface area contributed by atoms with Crippen molar-refractivity contribution in [1.29, 1.82) is 0 Å². The standard InChI is InChI=1S/C11H20N2O3S2/c1-4-5-18(14,15)8-11-13-9(7-16-3)10(17-11)6-12-2/h12H,4-8H2,1-3H3. The highest BCUT2D eigenvalue weighted by Crippen LogP contribution is 2.21. The maximum atomic E-state index is 11.8. The van der Waals surface area contributed by atoms with E-state index >= 15 is 0 Å². The van der Waals surface area contributed by atoms with Crippen LogP contribution in [-0.4, -0.2) is 33.3 Å². The average molecular weight is 292 g/mol. The monoisotopic (exact) mass is 292 g/mol. The lowest BCUT2D eigenvalue weighted by molar-refractivity contribution is 0.181. The zero-order valence-corrected chi connectivity index (χ0v) is 12.7. The van der Waals surface area contributed by atoms with Gasteiger partial charge in [0.25, 0.3) is 0 Å². The number of aromatic nitrogens is 1. The number of ether oxygens (including phenoxy) is 1. The first kappa shape index (κ1) is 15.6. The summed E-state index contributed by atoms with van der Waals surface area (Å²) in [7, 11) is 0.427. The van der Waals surface area contributed by atoms with Gasteiger partial charge in [-0.2, -0.15) is 0 Å². The van der Waals surface area contributed by atoms with E-state index in [0.29, 0.717) is 24.6 Å². The van der Waals surface area contributed by atoms with Crippen LogP contribution >= 0.6 is 11.3 Å². The van der Waals surface area contributed by atoms with Crippen molar-refractivity contribution in [2.75, 3.05) is 19.9 Å². The predicted octanol–water partition coefficient (Wildman–Crippen LogP) is 1.33. The van der Waals surface area contributed by atoms with Gasteiger partial charge in [-0.05, 0) is 13.5 Å². The van der Waals surface area contributed by atoms with Crippen LogP contribution < -0.4 is 5.32 Å². The molecule has 0 bridgehead atoms. The molecule has 7 heteroatoms. The fraction of sp³-hybridized carbons (Fsp3) is 0.727. The molecule has 0 spiro atoms. The Balaban J connectivity index is 2.87. The van der Waals surface area contributed by atoms with Crippen molar-refractivity contribution in [3.8, 4) is 0 Å². The summed E-state index contributed by atoms with van der Waals surface area (Å²) in [5.74, 6) is 0.249. The number of hydrogen-bond acceptors (Lipinski definition) is 6. The molecule has 0 aliphatic rings. The molecule has 18 heavy (non-hydrogen) atoms. The van der Waals surface area contributed by atoms with Crippen molar-refractivity contribution in [3.05, 3.63) is 15.6 Å². The second-order valence-electron chi connectivity index (χ2n) is 4.03. The van der Waals surface area contributed by atoms with Crippen LogP contribution in [0, 0.1) is 0 Å². The molecule has 0 atom stereocenters. The molecule has 0 fully saturated rings. The Morgan fingerprint density at radius 3 is 2.72 bits per heavy atom. The predicted molar refractivity (Wildman–Crippen MR) is 73.4 cm³/mol. The summed E-state index contributed by atoms with van der Waals surface area (Å²) in [6, 6.07) is 0. The lowest BCUT2D eigenvalue weighted by atomic mass is 10.4. The zero-order valence-electron chi connectivity index (χ0n) is 11.0. The lowest BCUT2D eigenvalue weighted by Crippen LogP contribution is -2.08. The Bertz CT molecular complexity index is 445. The highest BCUT2D eigenvalue weighted by Gasteiger charge is 2.16. The Morgan fingerprint density at radius 2 is 2.17 bits per heavy atom. The number of nitrogens with zero attached hydrogens (tertiary/aromatic N) is 1. The molecule has 0 saturated heterocycles. The van der Waals surface area contributed by atoms with Gasteiger partial charge in [0.2, 0.25) is 0 Å². The lowest BCUT2D eigenvalue weighted by Gasteiger charge is -1.98. The maximum absolute atomic E-state index is 11.8. The zero-order chi connectivity index (χ0) is 13.6. The van der Waals surface area contributed by atoms with Gasteiger partial charge in [-0.1, -0.05) is 6.92 Å². The maximum Gasteiger partial charge on any atom is 0.156 e. The van der Waals surface area contributed by atoms with Gasteiger partial charge in [-0.3, -0.25) is 0 Å². The van der Waals surface area contributed by atoms with E-state index in [1.54, 1.807) is 7.11 Å². The summed E-state index contributed by atoms with van der Waals surface area (Å²) in [6.07, 6.45) is 0.641. The Morgan fingerprint density at radius 1 is 1.44 bits per heavy atom. The van der Waals surface area contributed by atoms with E-state index in [2.05, 4.69) is 10.3 Å². The Hall–Kier alpha value is -0.500. The van der Waals surface area contributed by atoms with Gasteiger partial charge in [0, 0.05) is 18.5 Å². The van der Waals surface area contributed by atoms with Crippen LogP contribution in [0.5, 0.6) is 0 Å². The fourth-order valence-corrected chi connectivity index (χ4v) is 4.48. The van der Waals surface area contributed by atoms with E-state index in [-0.39, 0.29) is 11.5 Å². The first-order chi connectivity index (χ1) is 8.52. The van der Waals surface area contributed by atoms with Crippen molar-refractivity contribution >= 4 is 21.2 Å². The van der Waals surface area contributed by atoms with Crippen LogP contribution in [0.25, 0.3) is 0 Å². The molecular formula is C11H20N2O3S2. The van der Waals surface area contributed by atoms with Gasteiger partial charge < -0.3 is 10.1 Å². The third kappa shape index (κ3) is 4.64. The number of rotatable bonds is 8. The summed E-state index contributed by atoms with van der Waals surface area (Å²) in [5.41, 5.74) is 0.832. The number of methoxy groups -OCH3 is 1. The van der Waals surface area contributed by atoms with Crippen LogP contribution in [-0.2, 0) is 33.5 Å². The summed E-state index contributed by atoms with van der Waals surface area (Å²) in [4.78, 5) is 5.40. The van der Waals surface area contributed by atoms with Crippen LogP contribution in [0.3, 0.4) is 0 Å². The highest BCUT2D eigenvalue weighted by molar-refractivity contribution is 7.90. The molecule has 104 valence electrons. The van der Waals surface area contributed by atoms with Gasteiger partial charge in [0.05, 0.1) is 18.1 Å². The molecule has 0 unspecified atom stereocenters. The SMILES string of the molecule is CCCS(=O)(=O)Cc1nc(COC)c(CNC)s1. The van der Waals surface area contributed by atoms with Crippen LogP contribution in [0.2, 0.25) is 0 Å². The molecule has 1 aromatic rings. The second kappa shape index (κ2) is 7.18. The number of nitrogens with one attached hydrogen (secondary N) is 1. The molecule has 1 N–H and O–H groups in total. The normalized spacial score (nSPS) is 11.9. The van der Waals surface area contributed by atoms with Crippen LogP contribution in [0.15, 0.2) is 0 Å².